The summed E-state index contributed by atoms with van der Waals surface area (Å²) >= 11 is 6.81. The minimum Gasteiger partial charge on any atom is -0.461 e. The number of aliphatic hydroxyl groups is 1. The zero-order valence-corrected chi connectivity index (χ0v) is 26.6. The Morgan fingerprint density at radius 1 is 1.06 bits per heavy atom. The van der Waals surface area contributed by atoms with Crippen molar-refractivity contribution in [3.63, 3.8) is 0 Å². The van der Waals surface area contributed by atoms with E-state index in [4.69, 9.17) is 26.1 Å². The lowest BCUT2D eigenvalue weighted by Gasteiger charge is -2.57. The number of H-pyrrole nitrogens is 1. The van der Waals surface area contributed by atoms with Gasteiger partial charge in [0.05, 0.1) is 41.4 Å². The van der Waals surface area contributed by atoms with Crippen LogP contribution in [0.25, 0.3) is 33.1 Å². The molecule has 3 aromatic heterocycles. The molecule has 0 amide bonds. The van der Waals surface area contributed by atoms with Crippen LogP contribution in [0.15, 0.2) is 18.5 Å². The molecule has 7 bridgehead atoms. The van der Waals surface area contributed by atoms with Crippen molar-refractivity contribution in [3.05, 3.63) is 34.9 Å². The van der Waals surface area contributed by atoms with Crippen LogP contribution in [0.1, 0.15) is 50.5 Å². The van der Waals surface area contributed by atoms with Crippen molar-refractivity contribution in [2.75, 3.05) is 50.9 Å². The van der Waals surface area contributed by atoms with Gasteiger partial charge in [0.2, 0.25) is 0 Å². The fraction of sp³-hybridized carbons (Fsp3) is 0.576. The van der Waals surface area contributed by atoms with E-state index >= 15 is 4.39 Å². The Balaban J connectivity index is 1.20. The van der Waals surface area contributed by atoms with E-state index in [1.54, 1.807) is 23.4 Å². The van der Waals surface area contributed by atoms with Crippen molar-refractivity contribution < 1.29 is 27.8 Å². The van der Waals surface area contributed by atoms with Crippen LogP contribution < -0.4 is 9.64 Å². The fourth-order valence-corrected chi connectivity index (χ4v) is 9.42. The molecule has 6 aliphatic heterocycles. The summed E-state index contributed by atoms with van der Waals surface area (Å²) in [6, 6.07) is 1.72. The van der Waals surface area contributed by atoms with Crippen molar-refractivity contribution >= 4 is 39.2 Å². The molecule has 4 fully saturated rings. The Bertz CT molecular complexity index is 1920. The molecule has 3 saturated heterocycles. The van der Waals surface area contributed by atoms with Gasteiger partial charge in [-0.15, -0.1) is 0 Å². The fourth-order valence-electron chi connectivity index (χ4n) is 9.12. The number of alkyl halides is 2. The van der Waals surface area contributed by atoms with Crippen molar-refractivity contribution in [1.29, 1.82) is 0 Å². The number of aromatic nitrogens is 5. The number of halogens is 4. The molecular weight excluding hydrogens is 635 g/mol. The third kappa shape index (κ3) is 4.79. The van der Waals surface area contributed by atoms with Crippen molar-refractivity contribution in [2.24, 2.45) is 5.41 Å². The van der Waals surface area contributed by atoms with Crippen LogP contribution in [-0.2, 0) is 11.2 Å². The molecule has 1 aromatic carbocycles. The summed E-state index contributed by atoms with van der Waals surface area (Å²) in [7, 11) is 0. The molecule has 11 rings (SSSR count). The molecule has 10 nitrogen and oxygen atoms in total. The van der Waals surface area contributed by atoms with Crippen LogP contribution in [-0.4, -0.2) is 98.2 Å². The lowest BCUT2D eigenvalue weighted by Crippen LogP contribution is -2.60. The zero-order chi connectivity index (χ0) is 32.2. The molecule has 4 aromatic rings. The first-order chi connectivity index (χ1) is 22.6. The first kappa shape index (κ1) is 29.8. The Hall–Kier alpha value is -3.26. The lowest BCUT2D eigenvalue weighted by atomic mass is 9.56. The maximum Gasteiger partial charge on any atom is 0.319 e. The van der Waals surface area contributed by atoms with Crippen LogP contribution >= 0.6 is 11.6 Å². The van der Waals surface area contributed by atoms with Gasteiger partial charge in [0.1, 0.15) is 23.6 Å². The summed E-state index contributed by atoms with van der Waals surface area (Å²) in [5, 5.41) is 20.0. The second-order valence-electron chi connectivity index (χ2n) is 14.5. The van der Waals surface area contributed by atoms with Gasteiger partial charge in [-0.1, -0.05) is 11.6 Å². The van der Waals surface area contributed by atoms with Gasteiger partial charge in [-0.3, -0.25) is 15.0 Å². The van der Waals surface area contributed by atoms with Crippen LogP contribution in [0.3, 0.4) is 0 Å². The van der Waals surface area contributed by atoms with E-state index in [-0.39, 0.29) is 48.8 Å². The molecule has 9 heterocycles. The average Bonchev–Trinajstić information content (AvgIpc) is 3.55. The van der Waals surface area contributed by atoms with Gasteiger partial charge < -0.3 is 19.5 Å². The minimum absolute atomic E-state index is 0.0157. The van der Waals surface area contributed by atoms with Crippen molar-refractivity contribution in [3.8, 4) is 17.3 Å². The zero-order valence-electron chi connectivity index (χ0n) is 25.8. The Morgan fingerprint density at radius 2 is 1.94 bits per heavy atom. The topological polar surface area (TPSA) is 113 Å². The number of fused-ring (bicyclic) bond motifs is 2. The SMILES string of the molecule is OC12COCCCc3c(Cl)cc4[nH]ncc4c3-c3ncc4c(nc(OCC56CCN5CC(F)(F)C6)nc4c3F)N3CCCC(C3)(C1)C2. The standard InChI is InChI=1S/C33H35ClF3N7O3/c34-22-9-23-20(11-39-42-23)24-19(22)3-1-8-46-18-32(45)12-30(13-32)4-2-6-43(15-30)28-21-10-38-27(24)25(35)26(21)40-29(41-28)47-17-31-5-7-44(31)16-33(36,37)14-31/h9-11,45H,1-8,12-18H2,(H,39,42). The minimum atomic E-state index is -2.78. The van der Waals surface area contributed by atoms with E-state index in [2.05, 4.69) is 25.1 Å². The average molecular weight is 670 g/mol. The largest absolute Gasteiger partial charge is 0.461 e. The second kappa shape index (κ2) is 10.4. The van der Waals surface area contributed by atoms with E-state index in [1.165, 1.54) is 0 Å². The molecule has 2 N–H and O–H groups in total. The molecule has 14 heteroatoms. The maximum atomic E-state index is 17.0. The van der Waals surface area contributed by atoms with E-state index in [0.29, 0.717) is 96.6 Å². The predicted octanol–water partition coefficient (Wildman–Crippen LogP) is 5.30. The molecule has 248 valence electrons. The van der Waals surface area contributed by atoms with Gasteiger partial charge in [0, 0.05) is 54.8 Å². The van der Waals surface area contributed by atoms with Gasteiger partial charge in [0.15, 0.2) is 5.82 Å². The summed E-state index contributed by atoms with van der Waals surface area (Å²) in [5.74, 6) is -2.95. The summed E-state index contributed by atoms with van der Waals surface area (Å²) in [6.07, 6.45) is 7.63. The Morgan fingerprint density at radius 3 is 2.74 bits per heavy atom. The van der Waals surface area contributed by atoms with Gasteiger partial charge >= 0.3 is 6.01 Å². The Labute approximate surface area is 273 Å². The van der Waals surface area contributed by atoms with Crippen molar-refractivity contribution in [1.82, 2.24) is 30.0 Å². The summed E-state index contributed by atoms with van der Waals surface area (Å²) in [5.41, 5.74) is 0.153. The molecule has 1 unspecified atom stereocenters. The van der Waals surface area contributed by atoms with Gasteiger partial charge in [0.25, 0.3) is 5.92 Å². The maximum absolute atomic E-state index is 17.0. The van der Waals surface area contributed by atoms with Gasteiger partial charge in [-0.25, -0.2) is 13.2 Å². The number of hydrogen-bond acceptors (Lipinski definition) is 9. The van der Waals surface area contributed by atoms with E-state index in [1.807, 2.05) is 0 Å². The van der Waals surface area contributed by atoms with Crippen LogP contribution in [0.5, 0.6) is 6.01 Å². The van der Waals surface area contributed by atoms with E-state index in [9.17, 15) is 13.9 Å². The number of rotatable bonds is 3. The normalized spacial score (nSPS) is 30.2. The molecule has 47 heavy (non-hydrogen) atoms. The molecule has 1 saturated carbocycles. The van der Waals surface area contributed by atoms with Gasteiger partial charge in [-0.2, -0.15) is 15.1 Å². The number of ether oxygens (including phenoxy) is 2. The highest BCUT2D eigenvalue weighted by molar-refractivity contribution is 6.33. The highest BCUT2D eigenvalue weighted by Crippen LogP contribution is 2.54. The highest BCUT2D eigenvalue weighted by Gasteiger charge is 2.60. The first-order valence-corrected chi connectivity index (χ1v) is 16.7. The first-order valence-electron chi connectivity index (χ1n) is 16.4. The summed E-state index contributed by atoms with van der Waals surface area (Å²) in [4.78, 5) is 17.9. The highest BCUT2D eigenvalue weighted by atomic mass is 35.5. The predicted molar refractivity (Wildman–Crippen MR) is 169 cm³/mol. The lowest BCUT2D eigenvalue weighted by molar-refractivity contribution is -0.167. The smallest absolute Gasteiger partial charge is 0.319 e. The molecule has 1 atom stereocenters. The second-order valence-corrected chi connectivity index (χ2v) is 14.9. The number of hydrogen-bond donors (Lipinski definition) is 2. The van der Waals surface area contributed by atoms with E-state index in [0.717, 1.165) is 12.8 Å². The monoisotopic (exact) mass is 669 g/mol. The number of anilines is 1. The van der Waals surface area contributed by atoms with E-state index < -0.39 is 22.9 Å². The number of pyridine rings is 1. The van der Waals surface area contributed by atoms with Crippen LogP contribution in [0.4, 0.5) is 19.0 Å². The molecule has 7 aliphatic rings. The Kier molecular flexibility index (Phi) is 6.59. The molecule has 0 radical (unpaired) electrons. The summed E-state index contributed by atoms with van der Waals surface area (Å²) in [6.45, 7) is 2.22. The molecule has 1 aliphatic carbocycles. The van der Waals surface area contributed by atoms with Crippen LogP contribution in [0, 0.1) is 11.2 Å². The third-order valence-corrected chi connectivity index (χ3v) is 11.5. The molecule has 1 spiro atoms. The molecular formula is C33H35ClF3N7O3. The summed E-state index contributed by atoms with van der Waals surface area (Å²) < 4.78 is 57.9. The van der Waals surface area contributed by atoms with Gasteiger partial charge in [-0.05, 0) is 62.0 Å². The van der Waals surface area contributed by atoms with Crippen LogP contribution in [0.2, 0.25) is 5.02 Å². The third-order valence-electron chi connectivity index (χ3n) is 11.1. The quantitative estimate of drug-likeness (QED) is 0.300. The van der Waals surface area contributed by atoms with Crippen molar-refractivity contribution in [2.45, 2.75) is 68.4 Å². The number of piperidine rings is 1. The number of aromatic amines is 1. The number of benzene rings is 1. The number of nitrogens with zero attached hydrogens (tertiary/aromatic N) is 6. The number of nitrogens with one attached hydrogen (secondary N) is 1.